The molecule has 0 aliphatic carbocycles. The number of rotatable bonds is 4. The van der Waals surface area contributed by atoms with E-state index >= 15 is 0 Å². The number of benzene rings is 1. The summed E-state index contributed by atoms with van der Waals surface area (Å²) < 4.78 is 44.8. The molecule has 0 unspecified atom stereocenters. The van der Waals surface area contributed by atoms with Gasteiger partial charge in [0.05, 0.1) is 17.1 Å². The summed E-state index contributed by atoms with van der Waals surface area (Å²) in [6, 6.07) is 2.60. The Kier molecular flexibility index (Phi) is 4.70. The van der Waals surface area contributed by atoms with E-state index in [9.17, 15) is 28.1 Å². The Bertz CT molecular complexity index is 622. The minimum atomic E-state index is -5.22. The molecule has 0 saturated heterocycles. The number of esters is 1. The van der Waals surface area contributed by atoms with Crippen molar-refractivity contribution in [3.63, 3.8) is 0 Å². The minimum absolute atomic E-state index is 0.0463. The first kappa shape index (κ1) is 16.2. The summed E-state index contributed by atoms with van der Waals surface area (Å²) in [6.45, 7) is 1.42. The predicted octanol–water partition coefficient (Wildman–Crippen LogP) is 2.54. The Morgan fingerprint density at radius 2 is 2.10 bits per heavy atom. The molecule has 0 atom stereocenters. The number of nitrogens with zero attached hydrogens (tertiary/aromatic N) is 2. The predicted molar refractivity (Wildman–Crippen MR) is 60.5 cm³/mol. The highest BCUT2D eigenvalue weighted by atomic mass is 19.4. The molecule has 0 radical (unpaired) electrons. The Morgan fingerprint density at radius 1 is 1.48 bits per heavy atom. The van der Waals surface area contributed by atoms with Crippen molar-refractivity contribution in [2.75, 3.05) is 6.61 Å². The lowest BCUT2D eigenvalue weighted by atomic mass is 10.1. The van der Waals surface area contributed by atoms with Crippen LogP contribution in [0.25, 0.3) is 0 Å². The first-order valence-corrected chi connectivity index (χ1v) is 5.35. The van der Waals surface area contributed by atoms with Gasteiger partial charge < -0.3 is 9.47 Å². The average molecular weight is 304 g/mol. The fourth-order valence-corrected chi connectivity index (χ4v) is 1.39. The molecule has 1 rings (SSSR count). The first-order chi connectivity index (χ1) is 9.69. The van der Waals surface area contributed by atoms with Gasteiger partial charge in [0.1, 0.15) is 11.6 Å². The monoisotopic (exact) mass is 304 g/mol. The fraction of sp³-hybridized carbons (Fsp3) is 0.273. The number of hydrogen-bond acceptors (Lipinski definition) is 6. The lowest BCUT2D eigenvalue weighted by Crippen LogP contribution is -2.19. The van der Waals surface area contributed by atoms with Crippen molar-refractivity contribution in [2.24, 2.45) is 0 Å². The standard InChI is InChI=1S/C11H7F3N2O5/c1-2-20-10(17)6-3-7(5-15)9(21-11(12,13)14)8(4-6)16(18)19/h3-4H,2H2,1H3. The van der Waals surface area contributed by atoms with Gasteiger partial charge in [-0.3, -0.25) is 10.1 Å². The molecule has 10 heteroatoms. The number of hydrogen-bond donors (Lipinski definition) is 0. The van der Waals surface area contributed by atoms with E-state index in [2.05, 4.69) is 9.47 Å². The molecule has 0 aliphatic rings. The highest BCUT2D eigenvalue weighted by Gasteiger charge is 2.37. The van der Waals surface area contributed by atoms with Crippen LogP contribution in [0.4, 0.5) is 18.9 Å². The molecule has 1 aromatic rings. The summed E-state index contributed by atoms with van der Waals surface area (Å²) >= 11 is 0. The van der Waals surface area contributed by atoms with Crippen molar-refractivity contribution in [1.82, 2.24) is 0 Å². The van der Waals surface area contributed by atoms with E-state index in [1.807, 2.05) is 0 Å². The van der Waals surface area contributed by atoms with Gasteiger partial charge in [-0.1, -0.05) is 0 Å². The molecule has 0 bridgehead atoms. The van der Waals surface area contributed by atoms with Crippen LogP contribution in [0.1, 0.15) is 22.8 Å². The normalized spacial score (nSPS) is 10.6. The molecule has 0 spiro atoms. The van der Waals surface area contributed by atoms with Crippen LogP contribution in [-0.4, -0.2) is 23.9 Å². The first-order valence-electron chi connectivity index (χ1n) is 5.35. The number of nitro groups is 1. The lowest BCUT2D eigenvalue weighted by molar-refractivity contribution is -0.388. The number of nitro benzene ring substituents is 1. The maximum Gasteiger partial charge on any atom is 0.573 e. The Hall–Kier alpha value is -2.83. The van der Waals surface area contributed by atoms with Gasteiger partial charge in [-0.05, 0) is 13.0 Å². The van der Waals surface area contributed by atoms with Gasteiger partial charge >= 0.3 is 18.0 Å². The Labute approximate surface area is 115 Å². The molecular formula is C11H7F3N2O5. The van der Waals surface area contributed by atoms with Gasteiger partial charge in [-0.2, -0.15) is 5.26 Å². The Morgan fingerprint density at radius 3 is 2.52 bits per heavy atom. The molecule has 1 aromatic carbocycles. The van der Waals surface area contributed by atoms with Gasteiger partial charge in [0.25, 0.3) is 0 Å². The van der Waals surface area contributed by atoms with Crippen LogP contribution in [0, 0.1) is 21.4 Å². The number of carbonyl (C=O) groups is 1. The van der Waals surface area contributed by atoms with Crippen LogP contribution in [0.5, 0.6) is 5.75 Å². The third kappa shape index (κ3) is 4.07. The topological polar surface area (TPSA) is 102 Å². The molecule has 0 aromatic heterocycles. The number of halogens is 3. The second kappa shape index (κ2) is 6.08. The van der Waals surface area contributed by atoms with Crippen molar-refractivity contribution in [3.05, 3.63) is 33.4 Å². The van der Waals surface area contributed by atoms with E-state index in [-0.39, 0.29) is 6.61 Å². The molecule has 0 heterocycles. The van der Waals surface area contributed by atoms with E-state index in [0.29, 0.717) is 6.07 Å². The quantitative estimate of drug-likeness (QED) is 0.481. The molecule has 0 amide bonds. The van der Waals surface area contributed by atoms with Crippen molar-refractivity contribution >= 4 is 11.7 Å². The number of ether oxygens (including phenoxy) is 2. The molecule has 0 aliphatic heterocycles. The zero-order valence-corrected chi connectivity index (χ0v) is 10.4. The van der Waals surface area contributed by atoms with Gasteiger partial charge in [0.2, 0.25) is 5.75 Å². The number of carbonyl (C=O) groups excluding carboxylic acids is 1. The highest BCUT2D eigenvalue weighted by molar-refractivity contribution is 5.91. The average Bonchev–Trinajstić information content (AvgIpc) is 2.36. The van der Waals surface area contributed by atoms with E-state index in [1.165, 1.54) is 13.0 Å². The zero-order valence-electron chi connectivity index (χ0n) is 10.4. The minimum Gasteiger partial charge on any atom is -0.462 e. The van der Waals surface area contributed by atoms with Gasteiger partial charge in [0, 0.05) is 6.07 Å². The molecule has 0 fully saturated rings. The molecule has 0 N–H and O–H groups in total. The molecule has 7 nitrogen and oxygen atoms in total. The molecule has 0 saturated carbocycles. The van der Waals surface area contributed by atoms with Crippen LogP contribution in [0.15, 0.2) is 12.1 Å². The van der Waals surface area contributed by atoms with Crippen molar-refractivity contribution < 1.29 is 32.4 Å². The third-order valence-corrected chi connectivity index (χ3v) is 2.12. The largest absolute Gasteiger partial charge is 0.573 e. The number of nitriles is 1. The van der Waals surface area contributed by atoms with E-state index in [4.69, 9.17) is 5.26 Å². The summed E-state index contributed by atoms with van der Waals surface area (Å²) in [7, 11) is 0. The Balaban J connectivity index is 3.47. The summed E-state index contributed by atoms with van der Waals surface area (Å²) in [5.41, 5.74) is -2.38. The van der Waals surface area contributed by atoms with Crippen LogP contribution in [-0.2, 0) is 4.74 Å². The maximum absolute atomic E-state index is 12.2. The summed E-state index contributed by atoms with van der Waals surface area (Å²) in [6.07, 6.45) is -5.22. The smallest absolute Gasteiger partial charge is 0.462 e. The SMILES string of the molecule is CCOC(=O)c1cc(C#N)c(OC(F)(F)F)c([N+](=O)[O-])c1. The maximum atomic E-state index is 12.2. The van der Waals surface area contributed by atoms with Gasteiger partial charge in [0.15, 0.2) is 0 Å². The zero-order chi connectivity index (χ0) is 16.2. The molecular weight excluding hydrogens is 297 g/mol. The summed E-state index contributed by atoms with van der Waals surface area (Å²) in [5, 5.41) is 19.6. The van der Waals surface area contributed by atoms with Gasteiger partial charge in [-0.25, -0.2) is 4.79 Å². The third-order valence-electron chi connectivity index (χ3n) is 2.12. The van der Waals surface area contributed by atoms with E-state index in [1.54, 1.807) is 0 Å². The lowest BCUT2D eigenvalue weighted by Gasteiger charge is -2.11. The fourth-order valence-electron chi connectivity index (χ4n) is 1.39. The number of alkyl halides is 3. The molecule has 112 valence electrons. The van der Waals surface area contributed by atoms with E-state index in [0.717, 1.165) is 6.07 Å². The summed E-state index contributed by atoms with van der Waals surface area (Å²) in [4.78, 5) is 21.1. The van der Waals surface area contributed by atoms with Crippen molar-refractivity contribution in [2.45, 2.75) is 13.3 Å². The highest BCUT2D eigenvalue weighted by Crippen LogP contribution is 2.36. The van der Waals surface area contributed by atoms with Crippen molar-refractivity contribution in [3.8, 4) is 11.8 Å². The summed E-state index contributed by atoms with van der Waals surface area (Å²) in [5.74, 6) is -2.28. The molecule has 21 heavy (non-hydrogen) atoms. The van der Waals surface area contributed by atoms with Gasteiger partial charge in [-0.15, -0.1) is 13.2 Å². The van der Waals surface area contributed by atoms with Crippen LogP contribution in [0.3, 0.4) is 0 Å². The van der Waals surface area contributed by atoms with Crippen LogP contribution >= 0.6 is 0 Å². The second-order valence-corrected chi connectivity index (χ2v) is 3.51. The van der Waals surface area contributed by atoms with Crippen LogP contribution < -0.4 is 4.74 Å². The van der Waals surface area contributed by atoms with E-state index < -0.39 is 39.8 Å². The van der Waals surface area contributed by atoms with Crippen molar-refractivity contribution in [1.29, 1.82) is 5.26 Å². The second-order valence-electron chi connectivity index (χ2n) is 3.51. The van der Waals surface area contributed by atoms with Crippen LogP contribution in [0.2, 0.25) is 0 Å².